The van der Waals surface area contributed by atoms with Crippen molar-refractivity contribution in [3.8, 4) is 11.4 Å². The number of ether oxygens (including phenoxy) is 1. The van der Waals surface area contributed by atoms with Crippen LogP contribution >= 0.6 is 0 Å². The molecule has 3 aromatic carbocycles. The van der Waals surface area contributed by atoms with Gasteiger partial charge in [-0.05, 0) is 48.9 Å². The fraction of sp³-hybridized carbons (Fsp3) is 0.120. The molecule has 9 heteroatoms. The van der Waals surface area contributed by atoms with Gasteiger partial charge in [0.05, 0.1) is 23.0 Å². The lowest BCUT2D eigenvalue weighted by Gasteiger charge is -2.17. The first-order valence-electron chi connectivity index (χ1n) is 10.5. The first-order valence-corrected chi connectivity index (χ1v) is 10.5. The highest BCUT2D eigenvalue weighted by Crippen LogP contribution is 2.21. The minimum Gasteiger partial charge on any atom is -0.483 e. The lowest BCUT2D eigenvalue weighted by atomic mass is 10.1. The molecule has 0 saturated carbocycles. The number of nitrogens with zero attached hydrogens (tertiary/aromatic N) is 3. The molecule has 4 aromatic rings. The smallest absolute Gasteiger partial charge is 0.262 e. The maximum Gasteiger partial charge on any atom is 0.262 e. The molecule has 4 rings (SSSR count). The van der Waals surface area contributed by atoms with Crippen LogP contribution < -0.4 is 15.4 Å². The van der Waals surface area contributed by atoms with E-state index < -0.39 is 11.7 Å². The van der Waals surface area contributed by atoms with Gasteiger partial charge < -0.3 is 15.4 Å². The third kappa shape index (κ3) is 5.44. The molecule has 172 valence electrons. The molecular weight excluding hydrogens is 437 g/mol. The highest BCUT2D eigenvalue weighted by Gasteiger charge is 2.17. The molecular formula is C25H22FN5O3. The number of para-hydroxylation sites is 2. The second-order valence-corrected chi connectivity index (χ2v) is 7.44. The molecule has 1 aromatic heterocycles. The summed E-state index contributed by atoms with van der Waals surface area (Å²) in [5.41, 5.74) is 2.10. The van der Waals surface area contributed by atoms with Crippen molar-refractivity contribution < 1.29 is 18.7 Å². The summed E-state index contributed by atoms with van der Waals surface area (Å²) in [4.78, 5) is 29.0. The minimum atomic E-state index is -0.543. The van der Waals surface area contributed by atoms with E-state index in [9.17, 15) is 14.0 Å². The van der Waals surface area contributed by atoms with Gasteiger partial charge in [0, 0.05) is 0 Å². The molecule has 34 heavy (non-hydrogen) atoms. The van der Waals surface area contributed by atoms with Crippen molar-refractivity contribution in [2.24, 2.45) is 0 Å². The van der Waals surface area contributed by atoms with E-state index in [1.54, 1.807) is 41.3 Å². The lowest BCUT2D eigenvalue weighted by Crippen LogP contribution is -2.28. The average Bonchev–Trinajstić information content (AvgIpc) is 3.39. The van der Waals surface area contributed by atoms with E-state index in [4.69, 9.17) is 4.74 Å². The van der Waals surface area contributed by atoms with Crippen LogP contribution in [0.2, 0.25) is 0 Å². The van der Waals surface area contributed by atoms with Gasteiger partial charge in [-0.2, -0.15) is 5.10 Å². The van der Waals surface area contributed by atoms with Crippen molar-refractivity contribution in [2.45, 2.75) is 13.0 Å². The molecule has 0 fully saturated rings. The summed E-state index contributed by atoms with van der Waals surface area (Å²) >= 11 is 0. The SMILES string of the molecule is CC(NC(=O)c1ccccc1OCC(=O)Nc1ccccc1F)c1ccc(-n2cncn2)cc1. The largest absolute Gasteiger partial charge is 0.483 e. The number of carbonyl (C=O) groups is 2. The molecule has 0 radical (unpaired) electrons. The fourth-order valence-electron chi connectivity index (χ4n) is 3.29. The number of nitrogens with one attached hydrogen (secondary N) is 2. The second kappa shape index (κ2) is 10.4. The van der Waals surface area contributed by atoms with Gasteiger partial charge in [0.2, 0.25) is 0 Å². The molecule has 1 atom stereocenters. The highest BCUT2D eigenvalue weighted by atomic mass is 19.1. The zero-order valence-electron chi connectivity index (χ0n) is 18.3. The summed E-state index contributed by atoms with van der Waals surface area (Å²) in [6.07, 6.45) is 3.06. The van der Waals surface area contributed by atoms with Gasteiger partial charge in [-0.3, -0.25) is 9.59 Å². The standard InChI is InChI=1S/C25H22FN5O3/c1-17(18-10-12-19(13-11-18)31-16-27-15-28-31)29-25(33)20-6-2-5-9-23(20)34-14-24(32)30-22-8-4-3-7-21(22)26/h2-13,15-17H,14H2,1H3,(H,29,33)(H,30,32). The molecule has 1 heterocycles. The number of hydrogen-bond acceptors (Lipinski definition) is 5. The number of halogens is 1. The number of hydrogen-bond donors (Lipinski definition) is 2. The predicted molar refractivity (Wildman–Crippen MR) is 124 cm³/mol. The van der Waals surface area contributed by atoms with Gasteiger partial charge in [0.1, 0.15) is 24.2 Å². The van der Waals surface area contributed by atoms with E-state index in [0.717, 1.165) is 11.3 Å². The maximum absolute atomic E-state index is 13.7. The van der Waals surface area contributed by atoms with Crippen LogP contribution in [0.25, 0.3) is 5.69 Å². The summed E-state index contributed by atoms with van der Waals surface area (Å²) in [5, 5.41) is 9.48. The Labute approximate surface area is 195 Å². The maximum atomic E-state index is 13.7. The molecule has 0 aliphatic heterocycles. The van der Waals surface area contributed by atoms with Crippen LogP contribution in [0, 0.1) is 5.82 Å². The Hall–Kier alpha value is -4.53. The quantitative estimate of drug-likeness (QED) is 0.416. The van der Waals surface area contributed by atoms with Crippen LogP contribution in [0.4, 0.5) is 10.1 Å². The van der Waals surface area contributed by atoms with Crippen LogP contribution in [-0.2, 0) is 4.79 Å². The Kier molecular flexibility index (Phi) is 6.92. The molecule has 0 aliphatic carbocycles. The molecule has 2 amide bonds. The van der Waals surface area contributed by atoms with Crippen LogP contribution in [0.15, 0.2) is 85.5 Å². The number of carbonyl (C=O) groups excluding carboxylic acids is 2. The van der Waals surface area contributed by atoms with Crippen molar-refractivity contribution in [3.05, 3.63) is 102 Å². The number of anilines is 1. The zero-order chi connectivity index (χ0) is 23.9. The highest BCUT2D eigenvalue weighted by molar-refractivity contribution is 5.97. The number of aromatic nitrogens is 3. The minimum absolute atomic E-state index is 0.0609. The van der Waals surface area contributed by atoms with Gasteiger partial charge in [-0.25, -0.2) is 14.1 Å². The van der Waals surface area contributed by atoms with Crippen molar-refractivity contribution in [1.82, 2.24) is 20.1 Å². The second-order valence-electron chi connectivity index (χ2n) is 7.44. The van der Waals surface area contributed by atoms with Gasteiger partial charge in [-0.1, -0.05) is 36.4 Å². The Morgan fingerprint density at radius 3 is 2.50 bits per heavy atom. The van der Waals surface area contributed by atoms with Crippen LogP contribution in [0.5, 0.6) is 5.75 Å². The molecule has 0 saturated heterocycles. The predicted octanol–water partition coefficient (Wildman–Crippen LogP) is 3.91. The van der Waals surface area contributed by atoms with Gasteiger partial charge in [-0.15, -0.1) is 0 Å². The van der Waals surface area contributed by atoms with E-state index in [2.05, 4.69) is 20.7 Å². The molecule has 0 aliphatic rings. The third-order valence-corrected chi connectivity index (χ3v) is 5.06. The van der Waals surface area contributed by atoms with Crippen LogP contribution in [-0.4, -0.2) is 33.2 Å². The van der Waals surface area contributed by atoms with Crippen molar-refractivity contribution >= 4 is 17.5 Å². The summed E-state index contributed by atoms with van der Waals surface area (Å²) < 4.78 is 20.9. The average molecular weight is 459 g/mol. The topological polar surface area (TPSA) is 98.1 Å². The number of amides is 2. The normalized spacial score (nSPS) is 11.5. The Balaban J connectivity index is 1.38. The zero-order valence-corrected chi connectivity index (χ0v) is 18.3. The summed E-state index contributed by atoms with van der Waals surface area (Å²) in [6, 6.07) is 19.8. The van der Waals surface area contributed by atoms with E-state index in [1.807, 2.05) is 31.2 Å². The molecule has 2 N–H and O–H groups in total. The first-order chi connectivity index (χ1) is 16.5. The monoisotopic (exact) mass is 459 g/mol. The van der Waals surface area contributed by atoms with Crippen LogP contribution in [0.3, 0.4) is 0 Å². The summed E-state index contributed by atoms with van der Waals surface area (Å²) in [7, 11) is 0. The molecule has 0 spiro atoms. The third-order valence-electron chi connectivity index (χ3n) is 5.06. The van der Waals surface area contributed by atoms with E-state index in [0.29, 0.717) is 0 Å². The van der Waals surface area contributed by atoms with E-state index in [-0.39, 0.29) is 35.6 Å². The van der Waals surface area contributed by atoms with E-state index >= 15 is 0 Å². The van der Waals surface area contributed by atoms with Crippen LogP contribution in [0.1, 0.15) is 28.9 Å². The summed E-state index contributed by atoms with van der Waals surface area (Å²) in [6.45, 7) is 1.49. The van der Waals surface area contributed by atoms with Crippen molar-refractivity contribution in [3.63, 3.8) is 0 Å². The Morgan fingerprint density at radius 1 is 1.03 bits per heavy atom. The van der Waals surface area contributed by atoms with Gasteiger partial charge in [0.15, 0.2) is 6.61 Å². The van der Waals surface area contributed by atoms with E-state index in [1.165, 1.54) is 24.5 Å². The fourth-order valence-corrected chi connectivity index (χ4v) is 3.29. The lowest BCUT2D eigenvalue weighted by molar-refractivity contribution is -0.118. The number of benzene rings is 3. The Bertz CT molecular complexity index is 1280. The van der Waals surface area contributed by atoms with Gasteiger partial charge >= 0.3 is 0 Å². The number of rotatable bonds is 8. The van der Waals surface area contributed by atoms with Gasteiger partial charge in [0.25, 0.3) is 11.8 Å². The van der Waals surface area contributed by atoms with Crippen molar-refractivity contribution in [2.75, 3.05) is 11.9 Å². The molecule has 8 nitrogen and oxygen atoms in total. The first kappa shape index (κ1) is 22.7. The Morgan fingerprint density at radius 2 is 1.76 bits per heavy atom. The molecule has 1 unspecified atom stereocenters. The van der Waals surface area contributed by atoms with Crippen molar-refractivity contribution in [1.29, 1.82) is 0 Å². The molecule has 0 bridgehead atoms. The summed E-state index contributed by atoms with van der Waals surface area (Å²) in [5.74, 6) is -1.18.